The van der Waals surface area contributed by atoms with Crippen molar-refractivity contribution < 1.29 is 5.11 Å². The lowest BCUT2D eigenvalue weighted by atomic mass is 9.89. The van der Waals surface area contributed by atoms with E-state index in [0.717, 1.165) is 18.7 Å². The van der Waals surface area contributed by atoms with Gasteiger partial charge in [0.05, 0.1) is 6.10 Å². The van der Waals surface area contributed by atoms with Gasteiger partial charge in [0.1, 0.15) is 5.82 Å². The second kappa shape index (κ2) is 3.58. The zero-order valence-electron chi connectivity index (χ0n) is 8.62. The van der Waals surface area contributed by atoms with Gasteiger partial charge in [-0.3, -0.25) is 0 Å². The number of pyridine rings is 1. The molecule has 0 bridgehead atoms. The van der Waals surface area contributed by atoms with E-state index in [2.05, 4.69) is 23.3 Å². The SMILES string of the molecule is Cc1cnc(NC2CC(O)C2)c(C)c1. The number of aliphatic hydroxyl groups is 1. The van der Waals surface area contributed by atoms with E-state index in [4.69, 9.17) is 5.11 Å². The number of hydrogen-bond acceptors (Lipinski definition) is 3. The minimum absolute atomic E-state index is 0.113. The Balaban J connectivity index is 2.02. The van der Waals surface area contributed by atoms with Crippen molar-refractivity contribution >= 4 is 5.82 Å². The van der Waals surface area contributed by atoms with Gasteiger partial charge in [-0.15, -0.1) is 0 Å². The molecular formula is C11H16N2O. The summed E-state index contributed by atoms with van der Waals surface area (Å²) in [5, 5.41) is 12.5. The minimum atomic E-state index is -0.113. The third-order valence-electron chi connectivity index (χ3n) is 2.67. The largest absolute Gasteiger partial charge is 0.393 e. The van der Waals surface area contributed by atoms with E-state index in [1.165, 1.54) is 11.1 Å². The number of aryl methyl sites for hydroxylation is 2. The van der Waals surface area contributed by atoms with Gasteiger partial charge in [-0.05, 0) is 37.8 Å². The predicted molar refractivity (Wildman–Crippen MR) is 56.4 cm³/mol. The maximum atomic E-state index is 9.15. The van der Waals surface area contributed by atoms with E-state index in [0.29, 0.717) is 6.04 Å². The topological polar surface area (TPSA) is 45.2 Å². The van der Waals surface area contributed by atoms with Gasteiger partial charge in [-0.1, -0.05) is 6.07 Å². The molecule has 0 radical (unpaired) electrons. The molecule has 76 valence electrons. The highest BCUT2D eigenvalue weighted by Crippen LogP contribution is 2.24. The maximum absolute atomic E-state index is 9.15. The van der Waals surface area contributed by atoms with Crippen molar-refractivity contribution in [3.8, 4) is 0 Å². The number of anilines is 1. The van der Waals surface area contributed by atoms with Gasteiger partial charge in [-0.2, -0.15) is 0 Å². The van der Waals surface area contributed by atoms with Gasteiger partial charge in [0.2, 0.25) is 0 Å². The van der Waals surface area contributed by atoms with Crippen LogP contribution in [0.25, 0.3) is 0 Å². The van der Waals surface area contributed by atoms with Crippen molar-refractivity contribution in [2.75, 3.05) is 5.32 Å². The Hall–Kier alpha value is -1.09. The fourth-order valence-corrected chi connectivity index (χ4v) is 1.77. The standard InChI is InChI=1S/C11H16N2O/c1-7-3-8(2)11(12-6-7)13-9-4-10(14)5-9/h3,6,9-10,14H,4-5H2,1-2H3,(H,12,13). The molecule has 1 fully saturated rings. The number of rotatable bonds is 2. The molecule has 1 saturated carbocycles. The van der Waals surface area contributed by atoms with Crippen LogP contribution >= 0.6 is 0 Å². The first-order chi connectivity index (χ1) is 6.65. The minimum Gasteiger partial charge on any atom is -0.393 e. The zero-order valence-corrected chi connectivity index (χ0v) is 8.62. The van der Waals surface area contributed by atoms with Gasteiger partial charge >= 0.3 is 0 Å². The van der Waals surface area contributed by atoms with Crippen LogP contribution in [0.3, 0.4) is 0 Å². The first-order valence-corrected chi connectivity index (χ1v) is 5.03. The summed E-state index contributed by atoms with van der Waals surface area (Å²) in [6, 6.07) is 2.52. The summed E-state index contributed by atoms with van der Waals surface area (Å²) in [6.07, 6.45) is 3.44. The molecule has 0 aromatic carbocycles. The quantitative estimate of drug-likeness (QED) is 0.748. The van der Waals surface area contributed by atoms with Crippen LogP contribution < -0.4 is 5.32 Å². The highest BCUT2D eigenvalue weighted by atomic mass is 16.3. The predicted octanol–water partition coefficient (Wildman–Crippen LogP) is 1.63. The highest BCUT2D eigenvalue weighted by Gasteiger charge is 2.27. The van der Waals surface area contributed by atoms with Crippen molar-refractivity contribution in [1.29, 1.82) is 0 Å². The van der Waals surface area contributed by atoms with E-state index >= 15 is 0 Å². The molecule has 0 aliphatic heterocycles. The molecule has 2 rings (SSSR count). The lowest BCUT2D eigenvalue weighted by molar-refractivity contribution is 0.0835. The van der Waals surface area contributed by atoms with Crippen molar-refractivity contribution in [2.45, 2.75) is 38.8 Å². The molecule has 1 aliphatic carbocycles. The van der Waals surface area contributed by atoms with E-state index in [1.54, 1.807) is 0 Å². The molecule has 3 nitrogen and oxygen atoms in total. The van der Waals surface area contributed by atoms with Crippen molar-refractivity contribution in [3.63, 3.8) is 0 Å². The normalized spacial score (nSPS) is 25.6. The third-order valence-corrected chi connectivity index (χ3v) is 2.67. The van der Waals surface area contributed by atoms with Crippen molar-refractivity contribution in [1.82, 2.24) is 4.98 Å². The molecule has 0 amide bonds. The first kappa shape index (κ1) is 9.46. The molecule has 1 aromatic heterocycles. The number of aliphatic hydroxyl groups excluding tert-OH is 1. The number of nitrogens with one attached hydrogen (secondary N) is 1. The first-order valence-electron chi connectivity index (χ1n) is 5.03. The van der Waals surface area contributed by atoms with E-state index in [1.807, 2.05) is 13.1 Å². The van der Waals surface area contributed by atoms with Gasteiger partial charge in [-0.25, -0.2) is 4.98 Å². The summed E-state index contributed by atoms with van der Waals surface area (Å²) in [5.74, 6) is 0.951. The van der Waals surface area contributed by atoms with Gasteiger partial charge < -0.3 is 10.4 Å². The van der Waals surface area contributed by atoms with Crippen LogP contribution in [0, 0.1) is 13.8 Å². The van der Waals surface area contributed by atoms with Gasteiger partial charge in [0, 0.05) is 12.2 Å². The van der Waals surface area contributed by atoms with Crippen LogP contribution in [-0.2, 0) is 0 Å². The fourth-order valence-electron chi connectivity index (χ4n) is 1.77. The van der Waals surface area contributed by atoms with E-state index in [-0.39, 0.29) is 6.10 Å². The summed E-state index contributed by atoms with van der Waals surface area (Å²) in [7, 11) is 0. The molecule has 1 aliphatic rings. The highest BCUT2D eigenvalue weighted by molar-refractivity contribution is 5.45. The van der Waals surface area contributed by atoms with Crippen molar-refractivity contribution in [3.05, 3.63) is 23.4 Å². The number of hydrogen-bond donors (Lipinski definition) is 2. The van der Waals surface area contributed by atoms with Crippen LogP contribution in [0.15, 0.2) is 12.3 Å². The Morgan fingerprint density at radius 2 is 2.14 bits per heavy atom. The average molecular weight is 192 g/mol. The Kier molecular flexibility index (Phi) is 2.42. The van der Waals surface area contributed by atoms with Gasteiger partial charge in [0.25, 0.3) is 0 Å². The second-order valence-corrected chi connectivity index (χ2v) is 4.14. The molecule has 14 heavy (non-hydrogen) atoms. The maximum Gasteiger partial charge on any atom is 0.129 e. The van der Waals surface area contributed by atoms with Crippen LogP contribution in [-0.4, -0.2) is 22.2 Å². The smallest absolute Gasteiger partial charge is 0.129 e. The molecule has 0 unspecified atom stereocenters. The molecule has 0 spiro atoms. The summed E-state index contributed by atoms with van der Waals surface area (Å²) in [5.41, 5.74) is 2.35. The Labute approximate surface area is 84.2 Å². The van der Waals surface area contributed by atoms with Gasteiger partial charge in [0.15, 0.2) is 0 Å². The summed E-state index contributed by atoms with van der Waals surface area (Å²) < 4.78 is 0. The Morgan fingerprint density at radius 1 is 1.43 bits per heavy atom. The Morgan fingerprint density at radius 3 is 2.71 bits per heavy atom. The molecule has 1 heterocycles. The molecular weight excluding hydrogens is 176 g/mol. The van der Waals surface area contributed by atoms with Crippen LogP contribution in [0.2, 0.25) is 0 Å². The Bertz CT molecular complexity index is 332. The summed E-state index contributed by atoms with van der Waals surface area (Å²) in [4.78, 5) is 4.33. The molecule has 3 heteroatoms. The monoisotopic (exact) mass is 192 g/mol. The third kappa shape index (κ3) is 1.87. The van der Waals surface area contributed by atoms with Crippen LogP contribution in [0.1, 0.15) is 24.0 Å². The second-order valence-electron chi connectivity index (χ2n) is 4.14. The molecule has 2 N–H and O–H groups in total. The van der Waals surface area contributed by atoms with Crippen LogP contribution in [0.5, 0.6) is 0 Å². The van der Waals surface area contributed by atoms with Crippen molar-refractivity contribution in [2.24, 2.45) is 0 Å². The van der Waals surface area contributed by atoms with E-state index in [9.17, 15) is 0 Å². The lowest BCUT2D eigenvalue weighted by Crippen LogP contribution is -2.39. The van der Waals surface area contributed by atoms with E-state index < -0.39 is 0 Å². The number of nitrogens with zero attached hydrogens (tertiary/aromatic N) is 1. The molecule has 1 aromatic rings. The summed E-state index contributed by atoms with van der Waals surface area (Å²) >= 11 is 0. The average Bonchev–Trinajstić information content (AvgIpc) is 2.06. The molecule has 0 atom stereocenters. The van der Waals surface area contributed by atoms with Crippen LogP contribution in [0.4, 0.5) is 5.82 Å². The lowest BCUT2D eigenvalue weighted by Gasteiger charge is -2.32. The fraction of sp³-hybridized carbons (Fsp3) is 0.545. The summed E-state index contributed by atoms with van der Waals surface area (Å²) in [6.45, 7) is 4.09. The zero-order chi connectivity index (χ0) is 10.1. The number of aromatic nitrogens is 1. The molecule has 0 saturated heterocycles.